The van der Waals surface area contributed by atoms with E-state index >= 15 is 0 Å². The van der Waals surface area contributed by atoms with Gasteiger partial charge in [-0.1, -0.05) is 19.1 Å². The number of nitrogens with one attached hydrogen (secondary N) is 1. The average molecular weight is 176 g/mol. The molecule has 2 heteroatoms. The standard InChI is InChI=1S/C11H16N2/c1-8(7-12)9-2-3-11-10(6-9)4-5-13-11/h2-3,6,8,13H,4-5,7,12H2,1H3. The van der Waals surface area contributed by atoms with Gasteiger partial charge in [0, 0.05) is 12.2 Å². The number of hydrogen-bond donors (Lipinski definition) is 2. The topological polar surface area (TPSA) is 38.0 Å². The van der Waals surface area contributed by atoms with Crippen molar-refractivity contribution in [2.24, 2.45) is 5.73 Å². The smallest absolute Gasteiger partial charge is 0.0373 e. The molecule has 1 unspecified atom stereocenters. The second-order valence-corrected chi connectivity index (χ2v) is 3.73. The minimum atomic E-state index is 0.478. The van der Waals surface area contributed by atoms with Crippen LogP contribution in [-0.4, -0.2) is 13.1 Å². The van der Waals surface area contributed by atoms with Gasteiger partial charge in [-0.3, -0.25) is 0 Å². The van der Waals surface area contributed by atoms with Gasteiger partial charge in [0.1, 0.15) is 0 Å². The Hall–Kier alpha value is -1.02. The Labute approximate surface area is 79.1 Å². The van der Waals surface area contributed by atoms with Crippen molar-refractivity contribution in [3.05, 3.63) is 29.3 Å². The molecule has 0 saturated carbocycles. The normalized spacial score (nSPS) is 16.5. The Kier molecular flexibility index (Phi) is 2.23. The van der Waals surface area contributed by atoms with E-state index in [4.69, 9.17) is 5.73 Å². The highest BCUT2D eigenvalue weighted by molar-refractivity contribution is 5.56. The molecule has 0 aromatic heterocycles. The Morgan fingerprint density at radius 3 is 3.15 bits per heavy atom. The number of fused-ring (bicyclic) bond motifs is 1. The van der Waals surface area contributed by atoms with Crippen molar-refractivity contribution in [2.75, 3.05) is 18.4 Å². The lowest BCUT2D eigenvalue weighted by Crippen LogP contribution is -2.08. The fourth-order valence-corrected chi connectivity index (χ4v) is 1.77. The number of anilines is 1. The summed E-state index contributed by atoms with van der Waals surface area (Å²) in [6.07, 6.45) is 1.15. The lowest BCUT2D eigenvalue weighted by Gasteiger charge is -2.10. The molecule has 2 rings (SSSR count). The van der Waals surface area contributed by atoms with E-state index in [1.165, 1.54) is 16.8 Å². The quantitative estimate of drug-likeness (QED) is 0.720. The maximum atomic E-state index is 5.63. The molecule has 0 radical (unpaired) electrons. The molecule has 0 fully saturated rings. The molecule has 1 heterocycles. The lowest BCUT2D eigenvalue weighted by molar-refractivity contribution is 0.773. The minimum absolute atomic E-state index is 0.478. The highest BCUT2D eigenvalue weighted by atomic mass is 14.9. The van der Waals surface area contributed by atoms with Gasteiger partial charge in [-0.2, -0.15) is 0 Å². The SMILES string of the molecule is CC(CN)c1ccc2c(c1)CCN2. The first-order valence-electron chi connectivity index (χ1n) is 4.88. The molecule has 2 nitrogen and oxygen atoms in total. The van der Waals surface area contributed by atoms with Crippen molar-refractivity contribution in [1.82, 2.24) is 0 Å². The fraction of sp³-hybridized carbons (Fsp3) is 0.455. The monoisotopic (exact) mass is 176 g/mol. The molecule has 70 valence electrons. The molecule has 1 aromatic carbocycles. The zero-order valence-electron chi connectivity index (χ0n) is 8.01. The first-order valence-corrected chi connectivity index (χ1v) is 4.88. The zero-order valence-corrected chi connectivity index (χ0v) is 8.01. The maximum Gasteiger partial charge on any atom is 0.0373 e. The van der Waals surface area contributed by atoms with Crippen molar-refractivity contribution in [2.45, 2.75) is 19.3 Å². The molecule has 1 aromatic rings. The number of nitrogens with two attached hydrogens (primary N) is 1. The summed E-state index contributed by atoms with van der Waals surface area (Å²) in [4.78, 5) is 0. The van der Waals surface area contributed by atoms with Gasteiger partial charge in [-0.15, -0.1) is 0 Å². The van der Waals surface area contributed by atoms with Gasteiger partial charge >= 0.3 is 0 Å². The summed E-state index contributed by atoms with van der Waals surface area (Å²) < 4.78 is 0. The summed E-state index contributed by atoms with van der Waals surface area (Å²) in [5, 5.41) is 3.35. The summed E-state index contributed by atoms with van der Waals surface area (Å²) in [5.74, 6) is 0.478. The average Bonchev–Trinajstić information content (AvgIpc) is 2.63. The van der Waals surface area contributed by atoms with Crippen LogP contribution in [0.25, 0.3) is 0 Å². The van der Waals surface area contributed by atoms with E-state index in [2.05, 4.69) is 30.4 Å². The molecule has 13 heavy (non-hydrogen) atoms. The third kappa shape index (κ3) is 1.54. The van der Waals surface area contributed by atoms with Gasteiger partial charge in [-0.05, 0) is 36.1 Å². The maximum absolute atomic E-state index is 5.63. The molecule has 1 atom stereocenters. The van der Waals surface area contributed by atoms with Gasteiger partial charge in [-0.25, -0.2) is 0 Å². The summed E-state index contributed by atoms with van der Waals surface area (Å²) in [5.41, 5.74) is 9.74. The first-order chi connectivity index (χ1) is 6.31. The first kappa shape index (κ1) is 8.57. The van der Waals surface area contributed by atoms with E-state index in [1.54, 1.807) is 0 Å². The number of rotatable bonds is 2. The zero-order chi connectivity index (χ0) is 9.26. The Morgan fingerprint density at radius 2 is 2.38 bits per heavy atom. The van der Waals surface area contributed by atoms with Crippen molar-refractivity contribution < 1.29 is 0 Å². The van der Waals surface area contributed by atoms with Crippen LogP contribution in [0.4, 0.5) is 5.69 Å². The van der Waals surface area contributed by atoms with Crippen LogP contribution >= 0.6 is 0 Å². The fourth-order valence-electron chi connectivity index (χ4n) is 1.77. The summed E-state index contributed by atoms with van der Waals surface area (Å²) in [7, 11) is 0. The Bertz CT molecular complexity index is 307. The molecule has 0 aliphatic carbocycles. The highest BCUT2D eigenvalue weighted by Crippen LogP contribution is 2.25. The third-order valence-electron chi connectivity index (χ3n) is 2.76. The second-order valence-electron chi connectivity index (χ2n) is 3.73. The van der Waals surface area contributed by atoms with Gasteiger partial charge < -0.3 is 11.1 Å². The predicted octanol–water partition coefficient (Wildman–Crippen LogP) is 1.72. The predicted molar refractivity (Wildman–Crippen MR) is 56.1 cm³/mol. The minimum Gasteiger partial charge on any atom is -0.384 e. The summed E-state index contributed by atoms with van der Waals surface area (Å²) in [6, 6.07) is 6.63. The van der Waals surface area contributed by atoms with Crippen molar-refractivity contribution in [1.29, 1.82) is 0 Å². The molecule has 0 spiro atoms. The number of benzene rings is 1. The van der Waals surface area contributed by atoms with Crippen LogP contribution in [0.3, 0.4) is 0 Å². The summed E-state index contributed by atoms with van der Waals surface area (Å²) in [6.45, 7) is 3.98. The summed E-state index contributed by atoms with van der Waals surface area (Å²) >= 11 is 0. The Morgan fingerprint density at radius 1 is 1.54 bits per heavy atom. The van der Waals surface area contributed by atoms with Gasteiger partial charge in [0.2, 0.25) is 0 Å². The van der Waals surface area contributed by atoms with Crippen LogP contribution < -0.4 is 11.1 Å². The van der Waals surface area contributed by atoms with E-state index in [-0.39, 0.29) is 0 Å². The molecule has 0 amide bonds. The van der Waals surface area contributed by atoms with Crippen LogP contribution in [-0.2, 0) is 6.42 Å². The van der Waals surface area contributed by atoms with Crippen molar-refractivity contribution in [3.8, 4) is 0 Å². The largest absolute Gasteiger partial charge is 0.384 e. The van der Waals surface area contributed by atoms with Crippen LogP contribution in [0.15, 0.2) is 18.2 Å². The van der Waals surface area contributed by atoms with Crippen LogP contribution in [0.2, 0.25) is 0 Å². The second kappa shape index (κ2) is 3.38. The molecule has 1 aliphatic heterocycles. The van der Waals surface area contributed by atoms with Gasteiger partial charge in [0.15, 0.2) is 0 Å². The molecule has 0 bridgehead atoms. The molecule has 0 saturated heterocycles. The van der Waals surface area contributed by atoms with Gasteiger partial charge in [0.05, 0.1) is 0 Å². The molecular weight excluding hydrogens is 160 g/mol. The van der Waals surface area contributed by atoms with E-state index < -0.39 is 0 Å². The molecular formula is C11H16N2. The highest BCUT2D eigenvalue weighted by Gasteiger charge is 2.11. The van der Waals surface area contributed by atoms with Crippen molar-refractivity contribution >= 4 is 5.69 Å². The number of hydrogen-bond acceptors (Lipinski definition) is 2. The molecule has 1 aliphatic rings. The van der Waals surface area contributed by atoms with Crippen molar-refractivity contribution in [3.63, 3.8) is 0 Å². The molecule has 3 N–H and O–H groups in total. The van der Waals surface area contributed by atoms with Crippen LogP contribution in [0.1, 0.15) is 24.0 Å². The van der Waals surface area contributed by atoms with Gasteiger partial charge in [0.25, 0.3) is 0 Å². The van der Waals surface area contributed by atoms with E-state index in [9.17, 15) is 0 Å². The lowest BCUT2D eigenvalue weighted by atomic mass is 9.98. The Balaban J connectivity index is 2.30. The van der Waals surface area contributed by atoms with E-state index in [1.807, 2.05) is 0 Å². The van der Waals surface area contributed by atoms with Crippen LogP contribution in [0, 0.1) is 0 Å². The van der Waals surface area contributed by atoms with Crippen LogP contribution in [0.5, 0.6) is 0 Å². The third-order valence-corrected chi connectivity index (χ3v) is 2.76. The van der Waals surface area contributed by atoms with E-state index in [0.717, 1.165) is 19.5 Å². The van der Waals surface area contributed by atoms with E-state index in [0.29, 0.717) is 5.92 Å².